The Balaban J connectivity index is 2.12. The van der Waals surface area contributed by atoms with Gasteiger partial charge in [-0.2, -0.15) is 5.10 Å². The Labute approximate surface area is 107 Å². The summed E-state index contributed by atoms with van der Waals surface area (Å²) in [5, 5.41) is 16.8. The second kappa shape index (κ2) is 5.10. The fraction of sp³-hybridized carbons (Fsp3) is 0.692. The van der Waals surface area contributed by atoms with Gasteiger partial charge in [-0.25, -0.2) is 0 Å². The molecule has 5 heteroatoms. The third kappa shape index (κ3) is 2.72. The molecule has 0 aromatic carbocycles. The summed E-state index contributed by atoms with van der Waals surface area (Å²) in [6.45, 7) is 6.48. The highest BCUT2D eigenvalue weighted by atomic mass is 16.4. The molecular weight excluding hydrogens is 230 g/mol. The van der Waals surface area contributed by atoms with Crippen LogP contribution in [0.25, 0.3) is 0 Å². The fourth-order valence-electron chi connectivity index (χ4n) is 2.33. The number of carboxylic acid groups (broad SMARTS) is 1. The predicted molar refractivity (Wildman–Crippen MR) is 68.7 cm³/mol. The Kier molecular flexibility index (Phi) is 3.71. The molecule has 0 spiro atoms. The van der Waals surface area contributed by atoms with Gasteiger partial charge in [0.25, 0.3) is 0 Å². The summed E-state index contributed by atoms with van der Waals surface area (Å²) in [4.78, 5) is 11.2. The number of aromatic nitrogens is 2. The number of aliphatic carboxylic acids is 1. The van der Waals surface area contributed by atoms with E-state index in [9.17, 15) is 9.90 Å². The van der Waals surface area contributed by atoms with Crippen LogP contribution in [0.15, 0.2) is 0 Å². The average molecular weight is 251 g/mol. The molecule has 100 valence electrons. The lowest BCUT2D eigenvalue weighted by Crippen LogP contribution is -2.41. The van der Waals surface area contributed by atoms with E-state index < -0.39 is 12.0 Å². The molecule has 0 amide bonds. The molecule has 1 atom stereocenters. The molecule has 1 heterocycles. The summed E-state index contributed by atoms with van der Waals surface area (Å²) in [6, 6.07) is -0.158. The first kappa shape index (κ1) is 13.1. The molecule has 1 fully saturated rings. The van der Waals surface area contributed by atoms with Gasteiger partial charge in [-0.3, -0.25) is 9.48 Å². The van der Waals surface area contributed by atoms with Crippen molar-refractivity contribution in [3.63, 3.8) is 0 Å². The summed E-state index contributed by atoms with van der Waals surface area (Å²) in [6.07, 6.45) is 3.10. The van der Waals surface area contributed by atoms with Gasteiger partial charge in [-0.15, -0.1) is 0 Å². The van der Waals surface area contributed by atoms with Crippen LogP contribution in [0.2, 0.25) is 0 Å². The number of nitrogens with zero attached hydrogens (tertiary/aromatic N) is 2. The Morgan fingerprint density at radius 2 is 2.22 bits per heavy atom. The van der Waals surface area contributed by atoms with Crippen molar-refractivity contribution in [1.82, 2.24) is 15.1 Å². The highest BCUT2D eigenvalue weighted by Crippen LogP contribution is 2.20. The number of aryl methyl sites for hydroxylation is 1. The van der Waals surface area contributed by atoms with Crippen LogP contribution >= 0.6 is 0 Å². The van der Waals surface area contributed by atoms with Crippen molar-refractivity contribution in [3.8, 4) is 0 Å². The van der Waals surface area contributed by atoms with Gasteiger partial charge in [0, 0.05) is 11.7 Å². The van der Waals surface area contributed by atoms with E-state index in [1.165, 1.54) is 5.56 Å². The standard InChI is InChI=1S/C13H21N3O2/c1-4-11-8(2)15-16(9(11)3)7-12(13(17)18)14-10-5-6-10/h10,12,14H,4-7H2,1-3H3,(H,17,18). The van der Waals surface area contributed by atoms with E-state index >= 15 is 0 Å². The first-order valence-electron chi connectivity index (χ1n) is 6.54. The van der Waals surface area contributed by atoms with Crippen molar-refractivity contribution in [3.05, 3.63) is 17.0 Å². The number of carboxylic acids is 1. The lowest BCUT2D eigenvalue weighted by Gasteiger charge is -2.15. The molecule has 1 aromatic heterocycles. The predicted octanol–water partition coefficient (Wildman–Crippen LogP) is 1.27. The van der Waals surface area contributed by atoms with Crippen molar-refractivity contribution in [1.29, 1.82) is 0 Å². The number of carbonyl (C=O) groups is 1. The average Bonchev–Trinajstić information content (AvgIpc) is 3.06. The summed E-state index contributed by atoms with van der Waals surface area (Å²) < 4.78 is 1.82. The maximum Gasteiger partial charge on any atom is 0.322 e. The van der Waals surface area contributed by atoms with Crippen LogP contribution in [0.3, 0.4) is 0 Å². The van der Waals surface area contributed by atoms with Crippen LogP contribution in [0.5, 0.6) is 0 Å². The Morgan fingerprint density at radius 3 is 2.67 bits per heavy atom. The SMILES string of the molecule is CCc1c(C)nn(CC(NC2CC2)C(=O)O)c1C. The van der Waals surface area contributed by atoms with Gasteiger partial charge in [0.2, 0.25) is 0 Å². The van der Waals surface area contributed by atoms with Gasteiger partial charge in [0.05, 0.1) is 12.2 Å². The van der Waals surface area contributed by atoms with Gasteiger partial charge >= 0.3 is 5.97 Å². The van der Waals surface area contributed by atoms with E-state index in [-0.39, 0.29) is 0 Å². The van der Waals surface area contributed by atoms with E-state index in [4.69, 9.17) is 0 Å². The normalized spacial score (nSPS) is 16.8. The maximum atomic E-state index is 11.2. The van der Waals surface area contributed by atoms with Gasteiger partial charge in [-0.05, 0) is 38.7 Å². The van der Waals surface area contributed by atoms with Crippen LogP contribution in [0.1, 0.15) is 36.7 Å². The molecule has 5 nitrogen and oxygen atoms in total. The van der Waals surface area contributed by atoms with E-state index in [2.05, 4.69) is 17.3 Å². The van der Waals surface area contributed by atoms with Gasteiger partial charge in [0.15, 0.2) is 0 Å². The van der Waals surface area contributed by atoms with Crippen molar-refractivity contribution >= 4 is 5.97 Å². The quantitative estimate of drug-likeness (QED) is 0.799. The van der Waals surface area contributed by atoms with Crippen LogP contribution < -0.4 is 5.32 Å². The molecule has 1 unspecified atom stereocenters. The summed E-state index contributed by atoms with van der Waals surface area (Å²) in [5.74, 6) is -0.799. The van der Waals surface area contributed by atoms with E-state index in [0.29, 0.717) is 12.6 Å². The molecular formula is C13H21N3O2. The number of hydrogen-bond acceptors (Lipinski definition) is 3. The zero-order valence-electron chi connectivity index (χ0n) is 11.2. The molecule has 1 aliphatic carbocycles. The minimum Gasteiger partial charge on any atom is -0.480 e. The van der Waals surface area contributed by atoms with Crippen LogP contribution in [0, 0.1) is 13.8 Å². The molecule has 1 aromatic rings. The van der Waals surface area contributed by atoms with Crippen LogP contribution in [-0.2, 0) is 17.8 Å². The monoisotopic (exact) mass is 251 g/mol. The number of hydrogen-bond donors (Lipinski definition) is 2. The van der Waals surface area contributed by atoms with Crippen molar-refractivity contribution in [2.24, 2.45) is 0 Å². The summed E-state index contributed by atoms with van der Waals surface area (Å²) >= 11 is 0. The van der Waals surface area contributed by atoms with Crippen molar-refractivity contribution in [2.45, 2.75) is 58.7 Å². The Morgan fingerprint density at radius 1 is 1.56 bits per heavy atom. The van der Waals surface area contributed by atoms with Gasteiger partial charge < -0.3 is 10.4 Å². The zero-order valence-corrected chi connectivity index (χ0v) is 11.2. The maximum absolute atomic E-state index is 11.2. The highest BCUT2D eigenvalue weighted by Gasteiger charge is 2.29. The van der Waals surface area contributed by atoms with Gasteiger partial charge in [-0.1, -0.05) is 6.92 Å². The molecule has 2 rings (SSSR count). The second-order valence-electron chi connectivity index (χ2n) is 5.02. The third-order valence-electron chi connectivity index (χ3n) is 3.55. The van der Waals surface area contributed by atoms with Gasteiger partial charge in [0.1, 0.15) is 6.04 Å². The molecule has 0 bridgehead atoms. The second-order valence-corrected chi connectivity index (χ2v) is 5.02. The highest BCUT2D eigenvalue weighted by molar-refractivity contribution is 5.73. The Bertz CT molecular complexity index is 449. The summed E-state index contributed by atoms with van der Waals surface area (Å²) in [5.41, 5.74) is 3.31. The van der Waals surface area contributed by atoms with E-state index in [1.807, 2.05) is 18.5 Å². The van der Waals surface area contributed by atoms with E-state index in [0.717, 1.165) is 30.7 Å². The molecule has 0 aliphatic heterocycles. The van der Waals surface area contributed by atoms with E-state index in [1.54, 1.807) is 0 Å². The molecule has 0 saturated heterocycles. The van der Waals surface area contributed by atoms with Crippen LogP contribution in [0.4, 0.5) is 0 Å². The molecule has 18 heavy (non-hydrogen) atoms. The largest absolute Gasteiger partial charge is 0.480 e. The number of nitrogens with one attached hydrogen (secondary N) is 1. The topological polar surface area (TPSA) is 67.2 Å². The minimum absolute atomic E-state index is 0.383. The molecule has 2 N–H and O–H groups in total. The minimum atomic E-state index is -0.799. The van der Waals surface area contributed by atoms with Crippen molar-refractivity contribution < 1.29 is 9.90 Å². The smallest absolute Gasteiger partial charge is 0.322 e. The molecule has 0 radical (unpaired) electrons. The third-order valence-corrected chi connectivity index (χ3v) is 3.55. The first-order valence-corrected chi connectivity index (χ1v) is 6.54. The molecule has 1 aliphatic rings. The first-order chi connectivity index (χ1) is 8.52. The fourth-order valence-corrected chi connectivity index (χ4v) is 2.33. The lowest BCUT2D eigenvalue weighted by atomic mass is 10.1. The lowest BCUT2D eigenvalue weighted by molar-refractivity contribution is -0.140. The zero-order chi connectivity index (χ0) is 13.3. The molecule has 1 saturated carbocycles. The Hall–Kier alpha value is -1.36. The van der Waals surface area contributed by atoms with Crippen molar-refractivity contribution in [2.75, 3.05) is 0 Å². The van der Waals surface area contributed by atoms with Crippen LogP contribution in [-0.4, -0.2) is 32.9 Å². The number of rotatable bonds is 6. The summed E-state index contributed by atoms with van der Waals surface area (Å²) in [7, 11) is 0.